The number of carbonyl (C=O) groups is 2. The second-order valence-corrected chi connectivity index (χ2v) is 6.30. The summed E-state index contributed by atoms with van der Waals surface area (Å²) >= 11 is 0. The molecule has 2 atom stereocenters. The number of amides is 2. The summed E-state index contributed by atoms with van der Waals surface area (Å²) in [5.41, 5.74) is 0.00810. The lowest BCUT2D eigenvalue weighted by atomic mass is 10.00. The molecule has 0 saturated carbocycles. The predicted octanol–water partition coefficient (Wildman–Crippen LogP) is 0.00290. The van der Waals surface area contributed by atoms with Crippen molar-refractivity contribution in [2.24, 2.45) is 0 Å². The van der Waals surface area contributed by atoms with Crippen molar-refractivity contribution in [1.29, 1.82) is 0 Å². The molecule has 2 amide bonds. The summed E-state index contributed by atoms with van der Waals surface area (Å²) in [5.74, 6) is -0.164. The molecule has 130 valence electrons. The Morgan fingerprint density at radius 3 is 3.08 bits per heavy atom. The van der Waals surface area contributed by atoms with Gasteiger partial charge in [-0.15, -0.1) is 0 Å². The van der Waals surface area contributed by atoms with Crippen LogP contribution in [0.25, 0.3) is 0 Å². The van der Waals surface area contributed by atoms with Gasteiger partial charge in [-0.25, -0.2) is 0 Å². The summed E-state index contributed by atoms with van der Waals surface area (Å²) in [6.07, 6.45) is 4.46. The van der Waals surface area contributed by atoms with Crippen molar-refractivity contribution in [2.45, 2.75) is 31.5 Å². The smallest absolute Gasteiger partial charge is 0.253 e. The normalized spacial score (nSPS) is 27.0. The molecular formula is C16H22N4O4. The third kappa shape index (κ3) is 3.88. The van der Waals surface area contributed by atoms with Gasteiger partial charge in [0, 0.05) is 20.0 Å². The average Bonchev–Trinajstić information content (AvgIpc) is 2.86. The van der Waals surface area contributed by atoms with Crippen molar-refractivity contribution >= 4 is 11.8 Å². The van der Waals surface area contributed by atoms with Crippen molar-refractivity contribution in [3.05, 3.63) is 24.0 Å². The monoisotopic (exact) mass is 334 g/mol. The Bertz CT molecular complexity index is 597. The molecule has 1 aromatic rings. The van der Waals surface area contributed by atoms with E-state index in [2.05, 4.69) is 15.5 Å². The van der Waals surface area contributed by atoms with Crippen LogP contribution in [0.3, 0.4) is 0 Å². The molecule has 1 spiro atoms. The van der Waals surface area contributed by atoms with Crippen LogP contribution in [0, 0.1) is 0 Å². The Morgan fingerprint density at radius 2 is 2.33 bits per heavy atom. The summed E-state index contributed by atoms with van der Waals surface area (Å²) in [6, 6.07) is 1.61. The van der Waals surface area contributed by atoms with E-state index >= 15 is 0 Å². The van der Waals surface area contributed by atoms with Crippen molar-refractivity contribution in [3.8, 4) is 0 Å². The van der Waals surface area contributed by atoms with E-state index in [1.54, 1.807) is 17.9 Å². The molecule has 3 heterocycles. The summed E-state index contributed by atoms with van der Waals surface area (Å²) < 4.78 is 11.8. The molecule has 0 radical (unpaired) electrons. The number of nitrogens with one attached hydrogen (secondary N) is 1. The molecule has 8 nitrogen and oxygen atoms in total. The fourth-order valence-electron chi connectivity index (χ4n) is 3.17. The van der Waals surface area contributed by atoms with Gasteiger partial charge in [0.05, 0.1) is 43.8 Å². The highest BCUT2D eigenvalue weighted by Gasteiger charge is 2.43. The van der Waals surface area contributed by atoms with Gasteiger partial charge in [0.15, 0.2) is 0 Å². The lowest BCUT2D eigenvalue weighted by Crippen LogP contribution is -2.46. The van der Waals surface area contributed by atoms with E-state index in [9.17, 15) is 9.59 Å². The number of aromatic nitrogens is 2. The number of nitrogens with zero attached hydrogens (tertiary/aromatic N) is 3. The van der Waals surface area contributed by atoms with Gasteiger partial charge in [-0.3, -0.25) is 9.59 Å². The highest BCUT2D eigenvalue weighted by molar-refractivity contribution is 5.93. The van der Waals surface area contributed by atoms with Crippen LogP contribution in [0.4, 0.5) is 0 Å². The quantitative estimate of drug-likeness (QED) is 0.836. The van der Waals surface area contributed by atoms with E-state index in [1.807, 2.05) is 0 Å². The largest absolute Gasteiger partial charge is 0.377 e. The van der Waals surface area contributed by atoms with Gasteiger partial charge in [-0.05, 0) is 18.9 Å². The fourth-order valence-corrected chi connectivity index (χ4v) is 3.17. The summed E-state index contributed by atoms with van der Waals surface area (Å²) in [4.78, 5) is 25.5. The maximum atomic E-state index is 12.1. The van der Waals surface area contributed by atoms with Crippen LogP contribution in [-0.4, -0.2) is 71.5 Å². The first-order valence-corrected chi connectivity index (χ1v) is 8.14. The molecule has 0 unspecified atom stereocenters. The zero-order chi connectivity index (χ0) is 17.0. The maximum absolute atomic E-state index is 12.1. The van der Waals surface area contributed by atoms with Crippen LogP contribution in [0.1, 0.15) is 30.1 Å². The number of hydrogen-bond donors (Lipinski definition) is 1. The van der Waals surface area contributed by atoms with Crippen molar-refractivity contribution in [1.82, 2.24) is 20.4 Å². The topological polar surface area (TPSA) is 93.7 Å². The van der Waals surface area contributed by atoms with Crippen LogP contribution in [0.5, 0.6) is 0 Å². The highest BCUT2D eigenvalue weighted by Crippen LogP contribution is 2.32. The summed E-state index contributed by atoms with van der Waals surface area (Å²) in [7, 11) is 0. The minimum atomic E-state index is -0.463. The van der Waals surface area contributed by atoms with Gasteiger partial charge in [0.25, 0.3) is 5.91 Å². The van der Waals surface area contributed by atoms with Crippen molar-refractivity contribution in [3.63, 3.8) is 0 Å². The van der Waals surface area contributed by atoms with E-state index in [4.69, 9.17) is 9.47 Å². The standard InChI is InChI=1S/C16H22N4O4/c1-12(21)20-6-7-23-11-16(10-20)4-2-14(24-16)9-17-15(22)13-3-5-18-19-8-13/h3,5,8,14H,2,4,6-7,9-11H2,1H3,(H,17,22)/t14-,16+/m1/s1. The molecular weight excluding hydrogens is 312 g/mol. The van der Waals surface area contributed by atoms with E-state index in [1.165, 1.54) is 12.4 Å². The lowest BCUT2D eigenvalue weighted by molar-refractivity contribution is -0.133. The molecule has 3 rings (SSSR count). The molecule has 0 aromatic carbocycles. The van der Waals surface area contributed by atoms with E-state index in [0.717, 1.165) is 12.8 Å². The minimum Gasteiger partial charge on any atom is -0.377 e. The fraction of sp³-hybridized carbons (Fsp3) is 0.625. The predicted molar refractivity (Wildman–Crippen MR) is 84.3 cm³/mol. The number of rotatable bonds is 3. The molecule has 2 saturated heterocycles. The molecule has 24 heavy (non-hydrogen) atoms. The molecule has 2 aliphatic rings. The summed E-state index contributed by atoms with van der Waals surface area (Å²) in [5, 5.41) is 10.2. The zero-order valence-electron chi connectivity index (χ0n) is 13.7. The van der Waals surface area contributed by atoms with Gasteiger partial charge in [-0.1, -0.05) is 0 Å². The average molecular weight is 334 g/mol. The Kier molecular flexibility index (Phi) is 5.06. The van der Waals surface area contributed by atoms with E-state index in [-0.39, 0.29) is 17.9 Å². The number of ether oxygens (including phenoxy) is 2. The Labute approximate surface area is 140 Å². The number of hydrogen-bond acceptors (Lipinski definition) is 6. The van der Waals surface area contributed by atoms with E-state index < -0.39 is 5.60 Å². The zero-order valence-corrected chi connectivity index (χ0v) is 13.7. The molecule has 2 aliphatic heterocycles. The van der Waals surface area contributed by atoms with Crippen LogP contribution in [-0.2, 0) is 14.3 Å². The van der Waals surface area contributed by atoms with Gasteiger partial charge in [-0.2, -0.15) is 10.2 Å². The van der Waals surface area contributed by atoms with Gasteiger partial charge < -0.3 is 19.7 Å². The second kappa shape index (κ2) is 7.23. The van der Waals surface area contributed by atoms with E-state index in [0.29, 0.717) is 38.4 Å². The van der Waals surface area contributed by atoms with Crippen molar-refractivity contribution < 1.29 is 19.1 Å². The third-order valence-corrected chi connectivity index (χ3v) is 4.47. The molecule has 2 fully saturated rings. The lowest BCUT2D eigenvalue weighted by Gasteiger charge is -2.31. The van der Waals surface area contributed by atoms with Crippen LogP contribution in [0.2, 0.25) is 0 Å². The van der Waals surface area contributed by atoms with Crippen molar-refractivity contribution in [2.75, 3.05) is 32.8 Å². The Morgan fingerprint density at radius 1 is 1.46 bits per heavy atom. The SMILES string of the molecule is CC(=O)N1CCOC[C@]2(CC[C@H](CNC(=O)c3ccnnc3)O2)C1. The molecule has 1 N–H and O–H groups in total. The summed E-state index contributed by atoms with van der Waals surface area (Å²) in [6.45, 7) is 4.13. The second-order valence-electron chi connectivity index (χ2n) is 6.30. The van der Waals surface area contributed by atoms with Crippen LogP contribution < -0.4 is 5.32 Å². The van der Waals surface area contributed by atoms with Gasteiger partial charge in [0.2, 0.25) is 5.91 Å². The Balaban J connectivity index is 1.55. The first kappa shape index (κ1) is 16.8. The highest BCUT2D eigenvalue weighted by atomic mass is 16.6. The van der Waals surface area contributed by atoms with Crippen LogP contribution in [0.15, 0.2) is 18.5 Å². The van der Waals surface area contributed by atoms with Gasteiger partial charge in [0.1, 0.15) is 5.60 Å². The molecule has 8 heteroatoms. The maximum Gasteiger partial charge on any atom is 0.253 e. The molecule has 0 bridgehead atoms. The first-order chi connectivity index (χ1) is 11.6. The minimum absolute atomic E-state index is 0.0328. The number of carbonyl (C=O) groups excluding carboxylic acids is 2. The first-order valence-electron chi connectivity index (χ1n) is 8.14. The molecule has 1 aromatic heterocycles. The Hall–Kier alpha value is -2.06. The molecule has 0 aliphatic carbocycles. The third-order valence-electron chi connectivity index (χ3n) is 4.47. The van der Waals surface area contributed by atoms with Gasteiger partial charge >= 0.3 is 0 Å². The van der Waals surface area contributed by atoms with Crippen LogP contribution >= 0.6 is 0 Å².